The van der Waals surface area contributed by atoms with E-state index >= 15 is 0 Å². The van der Waals surface area contributed by atoms with Crippen molar-refractivity contribution in [3.05, 3.63) is 40.8 Å². The van der Waals surface area contributed by atoms with Gasteiger partial charge in [0.2, 0.25) is 0 Å². The third-order valence-corrected chi connectivity index (χ3v) is 3.93. The molecule has 0 aliphatic rings. The van der Waals surface area contributed by atoms with Crippen LogP contribution in [0.2, 0.25) is 0 Å². The van der Waals surface area contributed by atoms with Crippen molar-refractivity contribution in [3.63, 3.8) is 0 Å². The lowest BCUT2D eigenvalue weighted by Crippen LogP contribution is -2.03. The predicted molar refractivity (Wildman–Crippen MR) is 85.3 cm³/mol. The van der Waals surface area contributed by atoms with Gasteiger partial charge in [-0.3, -0.25) is 0 Å². The van der Waals surface area contributed by atoms with Crippen LogP contribution in [0.1, 0.15) is 36.8 Å². The van der Waals surface area contributed by atoms with Gasteiger partial charge in [-0.05, 0) is 53.5 Å². The van der Waals surface area contributed by atoms with Gasteiger partial charge in [0, 0.05) is 0 Å². The lowest BCUT2D eigenvalue weighted by molar-refractivity contribution is -0.137. The molecule has 0 spiro atoms. The summed E-state index contributed by atoms with van der Waals surface area (Å²) in [5.41, 5.74) is 0.187. The molecule has 0 fully saturated rings. The third kappa shape index (κ3) is 7.29. The van der Waals surface area contributed by atoms with Crippen LogP contribution in [0.3, 0.4) is 0 Å². The van der Waals surface area contributed by atoms with E-state index in [4.69, 9.17) is 0 Å². The van der Waals surface area contributed by atoms with E-state index in [0.29, 0.717) is 0 Å². The number of rotatable bonds is 8. The number of hydrogen-bond donors (Lipinski definition) is 1. The van der Waals surface area contributed by atoms with Crippen LogP contribution in [0.25, 0.3) is 6.08 Å². The Bertz CT molecular complexity index is 397. The summed E-state index contributed by atoms with van der Waals surface area (Å²) < 4.78 is 37.1. The fourth-order valence-electron chi connectivity index (χ4n) is 1.63. The zero-order valence-electron chi connectivity index (χ0n) is 11.2. The highest BCUT2D eigenvalue weighted by Crippen LogP contribution is 2.29. The van der Waals surface area contributed by atoms with Crippen LogP contribution in [0.4, 0.5) is 13.2 Å². The maximum Gasteiger partial charge on any atom is 0.416 e. The second kappa shape index (κ2) is 9.40. The van der Waals surface area contributed by atoms with Gasteiger partial charge >= 0.3 is 6.18 Å². The van der Waals surface area contributed by atoms with Gasteiger partial charge in [-0.1, -0.05) is 25.0 Å². The Labute approximate surface area is 128 Å². The Balaban J connectivity index is 2.25. The molecule has 0 saturated carbocycles. The van der Waals surface area contributed by atoms with Crippen LogP contribution >= 0.6 is 24.4 Å². The van der Waals surface area contributed by atoms with E-state index in [-0.39, 0.29) is 0 Å². The second-order valence-corrected chi connectivity index (χ2v) is 5.89. The molecule has 0 aliphatic heterocycles. The van der Waals surface area contributed by atoms with Gasteiger partial charge in [-0.15, -0.1) is 11.8 Å². The molecule has 0 radical (unpaired) electrons. The Morgan fingerprint density at radius 3 is 2.25 bits per heavy atom. The van der Waals surface area contributed by atoms with Crippen LogP contribution in [0.15, 0.2) is 29.7 Å². The molecule has 0 N–H and O–H groups in total. The first-order valence-electron chi connectivity index (χ1n) is 6.60. The first-order valence-corrected chi connectivity index (χ1v) is 8.28. The van der Waals surface area contributed by atoms with Crippen molar-refractivity contribution < 1.29 is 13.2 Å². The maximum absolute atomic E-state index is 12.4. The van der Waals surface area contributed by atoms with Crippen molar-refractivity contribution in [1.82, 2.24) is 0 Å². The zero-order chi connectivity index (χ0) is 14.8. The van der Waals surface area contributed by atoms with Gasteiger partial charge in [0.05, 0.1) is 5.56 Å². The minimum Gasteiger partial charge on any atom is -0.179 e. The molecule has 1 aromatic rings. The average molecular weight is 320 g/mol. The molecule has 0 heterocycles. The Morgan fingerprint density at radius 1 is 1.00 bits per heavy atom. The van der Waals surface area contributed by atoms with E-state index in [0.717, 1.165) is 42.0 Å². The number of unbranched alkanes of at least 4 members (excludes halogenated alkanes) is 3. The van der Waals surface area contributed by atoms with Gasteiger partial charge in [-0.25, -0.2) is 0 Å². The fraction of sp³-hybridized carbons (Fsp3) is 0.467. The van der Waals surface area contributed by atoms with Crippen LogP contribution in [-0.4, -0.2) is 11.5 Å². The van der Waals surface area contributed by atoms with Crippen LogP contribution < -0.4 is 0 Å². The highest BCUT2D eigenvalue weighted by atomic mass is 32.2. The molecule has 0 aliphatic carbocycles. The summed E-state index contributed by atoms with van der Waals surface area (Å²) in [6, 6.07) is 5.21. The SMILES string of the molecule is FC(F)(F)c1ccc(/C=C\SCCCCCCS)cc1. The van der Waals surface area contributed by atoms with Gasteiger partial charge < -0.3 is 0 Å². The first kappa shape index (κ1) is 17.5. The standard InChI is InChI=1S/C15H19F3S2/c16-15(17,18)14-7-5-13(6-8-14)9-12-20-11-4-2-1-3-10-19/h5-9,12,19H,1-4,10-11H2/b12-9-. The quantitative estimate of drug-likeness (QED) is 0.459. The van der Waals surface area contributed by atoms with Gasteiger partial charge in [0.1, 0.15) is 0 Å². The van der Waals surface area contributed by atoms with E-state index in [1.807, 2.05) is 11.5 Å². The Morgan fingerprint density at radius 2 is 1.65 bits per heavy atom. The average Bonchev–Trinajstić information content (AvgIpc) is 2.41. The summed E-state index contributed by atoms with van der Waals surface area (Å²) >= 11 is 5.85. The molecule has 0 amide bonds. The number of halogens is 3. The van der Waals surface area contributed by atoms with Crippen LogP contribution in [0, 0.1) is 0 Å². The minimum absolute atomic E-state index is 0.605. The molecule has 112 valence electrons. The largest absolute Gasteiger partial charge is 0.416 e. The molecule has 5 heteroatoms. The fourth-order valence-corrected chi connectivity index (χ4v) is 2.61. The van der Waals surface area contributed by atoms with E-state index in [9.17, 15) is 13.2 Å². The molecule has 1 rings (SSSR count). The zero-order valence-corrected chi connectivity index (χ0v) is 12.9. The summed E-state index contributed by atoms with van der Waals surface area (Å²) in [7, 11) is 0. The minimum atomic E-state index is -4.26. The molecule has 0 unspecified atom stereocenters. The predicted octanol–water partition coefficient (Wildman–Crippen LogP) is 5.90. The first-order chi connectivity index (χ1) is 9.54. The van der Waals surface area contributed by atoms with Crippen molar-refractivity contribution in [2.75, 3.05) is 11.5 Å². The van der Waals surface area contributed by atoms with Crippen molar-refractivity contribution in [3.8, 4) is 0 Å². The molecule has 0 aromatic heterocycles. The van der Waals surface area contributed by atoms with Crippen molar-refractivity contribution in [1.29, 1.82) is 0 Å². The monoisotopic (exact) mass is 320 g/mol. The molecule has 0 nitrogen and oxygen atoms in total. The Kier molecular flexibility index (Phi) is 8.22. The highest BCUT2D eigenvalue weighted by molar-refractivity contribution is 8.02. The Hall–Kier alpha value is -0.550. The molecular weight excluding hydrogens is 301 g/mol. The molecular formula is C15H19F3S2. The smallest absolute Gasteiger partial charge is 0.179 e. The second-order valence-electron chi connectivity index (χ2n) is 4.43. The van der Waals surface area contributed by atoms with E-state index < -0.39 is 11.7 Å². The number of thioether (sulfide) groups is 1. The van der Waals surface area contributed by atoms with E-state index in [1.165, 1.54) is 25.0 Å². The molecule has 0 bridgehead atoms. The van der Waals surface area contributed by atoms with Crippen molar-refractivity contribution in [2.45, 2.75) is 31.9 Å². The normalized spacial score (nSPS) is 12.2. The molecule has 20 heavy (non-hydrogen) atoms. The number of benzene rings is 1. The molecule has 1 aromatic carbocycles. The highest BCUT2D eigenvalue weighted by Gasteiger charge is 2.29. The number of alkyl halides is 3. The van der Waals surface area contributed by atoms with E-state index in [2.05, 4.69) is 12.6 Å². The van der Waals surface area contributed by atoms with Gasteiger partial charge in [0.15, 0.2) is 0 Å². The lowest BCUT2D eigenvalue weighted by Gasteiger charge is -2.05. The van der Waals surface area contributed by atoms with Crippen LogP contribution in [0.5, 0.6) is 0 Å². The van der Waals surface area contributed by atoms with Gasteiger partial charge in [-0.2, -0.15) is 25.8 Å². The summed E-state index contributed by atoms with van der Waals surface area (Å²) in [6.45, 7) is 0. The molecule has 0 atom stereocenters. The maximum atomic E-state index is 12.4. The van der Waals surface area contributed by atoms with E-state index in [1.54, 1.807) is 11.8 Å². The summed E-state index contributed by atoms with van der Waals surface area (Å²) in [4.78, 5) is 0. The van der Waals surface area contributed by atoms with Crippen molar-refractivity contribution in [2.24, 2.45) is 0 Å². The summed E-state index contributed by atoms with van der Waals surface area (Å²) in [5, 5.41) is 1.95. The third-order valence-electron chi connectivity index (χ3n) is 2.77. The summed E-state index contributed by atoms with van der Waals surface area (Å²) in [5.74, 6) is 1.99. The summed E-state index contributed by atoms with van der Waals surface area (Å²) in [6.07, 6.45) is 2.34. The molecule has 0 saturated heterocycles. The van der Waals surface area contributed by atoms with Gasteiger partial charge in [0.25, 0.3) is 0 Å². The van der Waals surface area contributed by atoms with Crippen molar-refractivity contribution >= 4 is 30.5 Å². The lowest BCUT2D eigenvalue weighted by atomic mass is 10.1. The topological polar surface area (TPSA) is 0 Å². The number of thiol groups is 1. The number of hydrogen-bond acceptors (Lipinski definition) is 2. The van der Waals surface area contributed by atoms with Crippen LogP contribution in [-0.2, 0) is 6.18 Å².